The third kappa shape index (κ3) is 3.65. The van der Waals surface area contributed by atoms with Gasteiger partial charge in [-0.3, -0.25) is 14.4 Å². The first-order valence-electron chi connectivity index (χ1n) is 9.94. The van der Waals surface area contributed by atoms with Crippen LogP contribution in [0.2, 0.25) is 0 Å². The van der Waals surface area contributed by atoms with Gasteiger partial charge >= 0.3 is 5.91 Å². The van der Waals surface area contributed by atoms with Gasteiger partial charge in [-0.2, -0.15) is 0 Å². The van der Waals surface area contributed by atoms with Gasteiger partial charge in [0.15, 0.2) is 0 Å². The zero-order valence-corrected chi connectivity index (χ0v) is 17.8. The number of aromatic amines is 1. The molecule has 2 aromatic carbocycles. The average molecular weight is 451 g/mol. The molecule has 0 aliphatic carbocycles. The first-order chi connectivity index (χ1) is 15.8. The molecule has 10 heteroatoms. The van der Waals surface area contributed by atoms with Crippen molar-refractivity contribution in [3.63, 3.8) is 0 Å². The zero-order chi connectivity index (χ0) is 23.9. The Bertz CT molecular complexity index is 1430. The van der Waals surface area contributed by atoms with E-state index >= 15 is 0 Å². The number of carbonyl (C=O) groups excluding carboxylic acids is 3. The van der Waals surface area contributed by atoms with Gasteiger partial charge < -0.3 is 19.5 Å². The number of hydrogen-bond donors (Lipinski definition) is 2. The lowest BCUT2D eigenvalue weighted by Gasteiger charge is -2.11. The number of ketones is 1. The molecule has 0 unspecified atom stereocenters. The summed E-state index contributed by atoms with van der Waals surface area (Å²) in [5.41, 5.74) is 0.842. The second kappa shape index (κ2) is 8.30. The summed E-state index contributed by atoms with van der Waals surface area (Å²) in [4.78, 5) is 50.7. The zero-order valence-electron chi connectivity index (χ0n) is 17.8. The number of benzene rings is 2. The number of H-pyrrole nitrogens is 1. The molecule has 0 aliphatic heterocycles. The van der Waals surface area contributed by atoms with Crippen LogP contribution in [-0.2, 0) is 4.79 Å². The van der Waals surface area contributed by atoms with Gasteiger partial charge in [0.2, 0.25) is 0 Å². The van der Waals surface area contributed by atoms with E-state index < -0.39 is 23.4 Å². The van der Waals surface area contributed by atoms with Gasteiger partial charge in [-0.1, -0.05) is 0 Å². The maximum atomic E-state index is 13.5. The van der Waals surface area contributed by atoms with Crippen LogP contribution in [0.25, 0.3) is 33.2 Å². The highest BCUT2D eigenvalue weighted by molar-refractivity contribution is 6.46. The summed E-state index contributed by atoms with van der Waals surface area (Å²) in [5, 5.41) is 5.22. The van der Waals surface area contributed by atoms with Crippen molar-refractivity contribution in [2.24, 2.45) is 5.18 Å². The molecule has 4 aromatic rings. The molecule has 168 valence electrons. The summed E-state index contributed by atoms with van der Waals surface area (Å²) < 4.78 is 25.4. The molecule has 0 radical (unpaired) electrons. The molecule has 0 bridgehead atoms. The van der Waals surface area contributed by atoms with E-state index in [0.717, 1.165) is 0 Å². The molecule has 0 atom stereocenters. The van der Waals surface area contributed by atoms with Crippen LogP contribution in [0.15, 0.2) is 46.1 Å². The largest absolute Gasteiger partial charge is 0.489 e. The van der Waals surface area contributed by atoms with Crippen LogP contribution in [0.5, 0.6) is 5.75 Å². The Hall–Kier alpha value is -4.34. The fourth-order valence-corrected chi connectivity index (χ4v) is 3.66. The van der Waals surface area contributed by atoms with Crippen molar-refractivity contribution in [2.45, 2.75) is 20.0 Å². The van der Waals surface area contributed by atoms with Crippen molar-refractivity contribution in [3.05, 3.63) is 58.4 Å². The third-order valence-electron chi connectivity index (χ3n) is 5.02. The molecule has 4 rings (SSSR count). The minimum absolute atomic E-state index is 0.113. The lowest BCUT2D eigenvalue weighted by Crippen LogP contribution is -2.18. The number of fused-ring (bicyclic) bond motifs is 3. The average Bonchev–Trinajstić information content (AvgIpc) is 3.40. The first-order valence-corrected chi connectivity index (χ1v) is 9.94. The summed E-state index contributed by atoms with van der Waals surface area (Å²) in [6, 6.07) is 6.93. The second-order valence-electron chi connectivity index (χ2n) is 7.49. The number of aromatic nitrogens is 1. The van der Waals surface area contributed by atoms with Gasteiger partial charge in [0, 0.05) is 29.4 Å². The molecule has 2 N–H and O–H groups in total. The molecule has 33 heavy (non-hydrogen) atoms. The standard InChI is InChI=1S/C23H18FN3O6/c1-10(2)32-15-8-13-17(22(29)25-3)20(11-4-6-12(24)7-5-11)33-21(13)16-14(9-26-18(15)16)19(28)23(30)27-31/h4-10,26H,1-3H3,(H,25,29). The SMILES string of the molecule is CNC(=O)c1c(-c2ccc(F)cc2)oc2c1cc(OC(C)C)c1[nH]cc(C(=O)C(=O)N=O)c12. The number of furan rings is 1. The summed E-state index contributed by atoms with van der Waals surface area (Å²) in [7, 11) is 1.44. The predicted octanol–water partition coefficient (Wildman–Crippen LogP) is 4.34. The van der Waals surface area contributed by atoms with E-state index in [1.54, 1.807) is 19.9 Å². The van der Waals surface area contributed by atoms with Crippen LogP contribution in [0.3, 0.4) is 0 Å². The number of hydrogen-bond acceptors (Lipinski definition) is 6. The van der Waals surface area contributed by atoms with E-state index in [2.05, 4.69) is 15.5 Å². The smallest absolute Gasteiger partial charge is 0.357 e. The van der Waals surface area contributed by atoms with Gasteiger partial charge in [0.1, 0.15) is 22.9 Å². The lowest BCUT2D eigenvalue weighted by atomic mass is 10.0. The van der Waals surface area contributed by atoms with Crippen LogP contribution in [0.4, 0.5) is 4.39 Å². The van der Waals surface area contributed by atoms with E-state index in [1.165, 1.54) is 37.5 Å². The highest BCUT2D eigenvalue weighted by Crippen LogP contribution is 2.42. The van der Waals surface area contributed by atoms with Crippen molar-refractivity contribution in [2.75, 3.05) is 7.05 Å². The van der Waals surface area contributed by atoms with Crippen LogP contribution in [0.1, 0.15) is 34.6 Å². The van der Waals surface area contributed by atoms with Crippen molar-refractivity contribution in [1.82, 2.24) is 10.3 Å². The molecule has 0 aliphatic rings. The van der Waals surface area contributed by atoms with Crippen LogP contribution >= 0.6 is 0 Å². The van der Waals surface area contributed by atoms with Crippen molar-refractivity contribution >= 4 is 39.5 Å². The normalized spacial score (nSPS) is 11.2. The minimum Gasteiger partial charge on any atom is -0.489 e. The maximum Gasteiger partial charge on any atom is 0.357 e. The number of rotatable bonds is 6. The summed E-state index contributed by atoms with van der Waals surface area (Å²) in [6.45, 7) is 3.59. The molecule has 9 nitrogen and oxygen atoms in total. The van der Waals surface area contributed by atoms with Gasteiger partial charge in [0.05, 0.1) is 28.1 Å². The number of amides is 2. The Morgan fingerprint density at radius 2 is 1.88 bits per heavy atom. The molecule has 0 fully saturated rings. The molecule has 0 saturated heterocycles. The Morgan fingerprint density at radius 1 is 1.18 bits per heavy atom. The number of halogens is 1. The second-order valence-corrected chi connectivity index (χ2v) is 7.49. The fraction of sp³-hybridized carbons (Fsp3) is 0.174. The Labute approximate surface area is 185 Å². The van der Waals surface area contributed by atoms with Crippen LogP contribution in [0, 0.1) is 10.7 Å². The van der Waals surface area contributed by atoms with Crippen molar-refractivity contribution in [1.29, 1.82) is 0 Å². The highest BCUT2D eigenvalue weighted by Gasteiger charge is 2.29. The molecule has 0 spiro atoms. The number of nitrogens with zero attached hydrogens (tertiary/aromatic N) is 1. The Morgan fingerprint density at radius 3 is 2.48 bits per heavy atom. The van der Waals surface area contributed by atoms with Crippen molar-refractivity contribution < 1.29 is 27.9 Å². The summed E-state index contributed by atoms with van der Waals surface area (Å²) in [5.74, 6) is -3.14. The molecule has 2 amide bonds. The van der Waals surface area contributed by atoms with E-state index in [4.69, 9.17) is 9.15 Å². The van der Waals surface area contributed by atoms with E-state index in [9.17, 15) is 23.7 Å². The number of nitroso groups, excluding NO2 is 1. The summed E-state index contributed by atoms with van der Waals surface area (Å²) in [6.07, 6.45) is 0.987. The van der Waals surface area contributed by atoms with Gasteiger partial charge in [-0.15, -0.1) is 4.91 Å². The van der Waals surface area contributed by atoms with Gasteiger partial charge in [0.25, 0.3) is 11.7 Å². The number of ether oxygens (including phenoxy) is 1. The first kappa shape index (κ1) is 21.9. The maximum absolute atomic E-state index is 13.5. The van der Waals surface area contributed by atoms with E-state index in [0.29, 0.717) is 22.2 Å². The predicted molar refractivity (Wildman–Crippen MR) is 118 cm³/mol. The monoisotopic (exact) mass is 451 g/mol. The molecule has 2 aromatic heterocycles. The topological polar surface area (TPSA) is 131 Å². The summed E-state index contributed by atoms with van der Waals surface area (Å²) >= 11 is 0. The van der Waals surface area contributed by atoms with Crippen LogP contribution < -0.4 is 10.1 Å². The van der Waals surface area contributed by atoms with Crippen LogP contribution in [-0.4, -0.2) is 35.7 Å². The lowest BCUT2D eigenvalue weighted by molar-refractivity contribution is -0.114. The Balaban J connectivity index is 2.15. The molecular weight excluding hydrogens is 433 g/mol. The van der Waals surface area contributed by atoms with Crippen molar-refractivity contribution in [3.8, 4) is 17.1 Å². The number of nitrogens with one attached hydrogen (secondary N) is 2. The van der Waals surface area contributed by atoms with Gasteiger partial charge in [-0.25, -0.2) is 4.39 Å². The quantitative estimate of drug-likeness (QED) is 0.255. The number of Topliss-reactive ketones (excluding diaryl/α,β-unsaturated/α-hetero) is 1. The Kier molecular flexibility index (Phi) is 5.50. The highest BCUT2D eigenvalue weighted by atomic mass is 19.1. The molecular formula is C23H18FN3O6. The minimum atomic E-state index is -1.48. The van der Waals surface area contributed by atoms with E-state index in [1.807, 2.05) is 0 Å². The van der Waals surface area contributed by atoms with Gasteiger partial charge in [-0.05, 0) is 44.2 Å². The fourth-order valence-electron chi connectivity index (χ4n) is 3.66. The number of carbonyl (C=O) groups is 3. The third-order valence-corrected chi connectivity index (χ3v) is 5.02. The molecule has 2 heterocycles. The van der Waals surface area contributed by atoms with E-state index in [-0.39, 0.29) is 34.0 Å². The molecule has 0 saturated carbocycles.